The van der Waals surface area contributed by atoms with Crippen molar-refractivity contribution in [3.63, 3.8) is 0 Å². The van der Waals surface area contributed by atoms with Crippen molar-refractivity contribution in [2.75, 3.05) is 4.90 Å². The van der Waals surface area contributed by atoms with Gasteiger partial charge in [0.1, 0.15) is 11.2 Å². The van der Waals surface area contributed by atoms with Crippen LogP contribution in [0, 0.1) is 0 Å². The molecule has 12 rings (SSSR count). The van der Waals surface area contributed by atoms with E-state index in [1.165, 1.54) is 32.9 Å². The lowest BCUT2D eigenvalue weighted by molar-refractivity contribution is 0.670. The molecular weight excluding hydrogens is 765 g/mol. The molecule has 3 heteroatoms. The largest absolute Gasteiger partial charge is 0.455 e. The second kappa shape index (κ2) is 15.3. The molecule has 0 unspecified atom stereocenters. The summed E-state index contributed by atoms with van der Waals surface area (Å²) in [5.74, 6) is 0. The number of furan rings is 1. The Morgan fingerprint density at radius 1 is 0.302 bits per heavy atom. The minimum atomic E-state index is 0.902. The molecule has 0 amide bonds. The lowest BCUT2D eigenvalue weighted by Gasteiger charge is -2.27. The predicted molar refractivity (Wildman–Crippen MR) is 264 cm³/mol. The van der Waals surface area contributed by atoms with Gasteiger partial charge in [-0.2, -0.15) is 0 Å². The molecule has 0 aliphatic heterocycles. The fraction of sp³-hybridized carbons (Fsp3) is 0. The van der Waals surface area contributed by atoms with E-state index in [1.54, 1.807) is 0 Å². The van der Waals surface area contributed by atoms with Gasteiger partial charge in [0.15, 0.2) is 0 Å². The summed E-state index contributed by atoms with van der Waals surface area (Å²) in [6, 6.07) is 87.1. The molecule has 0 fully saturated rings. The summed E-state index contributed by atoms with van der Waals surface area (Å²) in [6.45, 7) is 0. The number of hydrogen-bond donors (Lipinski definition) is 0. The van der Waals surface area contributed by atoms with Crippen molar-refractivity contribution in [3.05, 3.63) is 243 Å². The normalized spacial score (nSPS) is 11.5. The van der Waals surface area contributed by atoms with Gasteiger partial charge in [0.25, 0.3) is 0 Å². The average molecular weight is 805 g/mol. The number of aromatic nitrogens is 1. The molecule has 296 valence electrons. The van der Waals surface area contributed by atoms with Crippen LogP contribution in [0.3, 0.4) is 0 Å². The lowest BCUT2D eigenvalue weighted by Crippen LogP contribution is -2.10. The van der Waals surface area contributed by atoms with Crippen molar-refractivity contribution < 1.29 is 4.42 Å². The highest BCUT2D eigenvalue weighted by atomic mass is 16.3. The van der Waals surface area contributed by atoms with E-state index >= 15 is 0 Å². The summed E-state index contributed by atoms with van der Waals surface area (Å²) < 4.78 is 8.86. The Hall–Kier alpha value is -8.40. The Balaban J connectivity index is 0.960. The van der Waals surface area contributed by atoms with E-state index in [-0.39, 0.29) is 0 Å². The van der Waals surface area contributed by atoms with Crippen molar-refractivity contribution in [3.8, 4) is 50.2 Å². The molecule has 0 atom stereocenters. The van der Waals surface area contributed by atoms with E-state index < -0.39 is 0 Å². The maximum atomic E-state index is 6.45. The van der Waals surface area contributed by atoms with Gasteiger partial charge in [-0.05, 0) is 100 Å². The Morgan fingerprint density at radius 2 is 0.810 bits per heavy atom. The van der Waals surface area contributed by atoms with Gasteiger partial charge in [-0.25, -0.2) is 0 Å². The maximum Gasteiger partial charge on any atom is 0.143 e. The molecular formula is C60H40N2O. The summed E-state index contributed by atoms with van der Waals surface area (Å²) in [5.41, 5.74) is 17.7. The van der Waals surface area contributed by atoms with Gasteiger partial charge in [0, 0.05) is 49.7 Å². The van der Waals surface area contributed by atoms with E-state index in [1.807, 2.05) is 12.1 Å². The molecule has 0 radical (unpaired) electrons. The van der Waals surface area contributed by atoms with E-state index in [4.69, 9.17) is 4.42 Å². The number of anilines is 3. The van der Waals surface area contributed by atoms with Crippen molar-refractivity contribution in [2.45, 2.75) is 0 Å². The zero-order valence-corrected chi connectivity index (χ0v) is 34.4. The highest BCUT2D eigenvalue weighted by Crippen LogP contribution is 2.42. The predicted octanol–water partition coefficient (Wildman–Crippen LogP) is 16.8. The van der Waals surface area contributed by atoms with Gasteiger partial charge in [-0.3, -0.25) is 0 Å². The monoisotopic (exact) mass is 804 g/mol. The third-order valence-corrected chi connectivity index (χ3v) is 12.4. The van der Waals surface area contributed by atoms with Crippen LogP contribution in [0.15, 0.2) is 247 Å². The van der Waals surface area contributed by atoms with Gasteiger partial charge in [0.05, 0.1) is 16.7 Å². The first-order valence-corrected chi connectivity index (χ1v) is 21.5. The number of fused-ring (bicyclic) bond motifs is 6. The van der Waals surface area contributed by atoms with Gasteiger partial charge in [-0.1, -0.05) is 176 Å². The maximum absolute atomic E-state index is 6.45. The first-order chi connectivity index (χ1) is 31.2. The van der Waals surface area contributed by atoms with Crippen LogP contribution in [0.5, 0.6) is 0 Å². The minimum absolute atomic E-state index is 0.902. The molecule has 0 aliphatic rings. The number of nitrogens with zero attached hydrogens (tertiary/aromatic N) is 2. The van der Waals surface area contributed by atoms with Crippen LogP contribution in [-0.4, -0.2) is 4.57 Å². The zero-order chi connectivity index (χ0) is 41.7. The molecule has 3 nitrogen and oxygen atoms in total. The van der Waals surface area contributed by atoms with Crippen LogP contribution in [0.4, 0.5) is 17.1 Å². The zero-order valence-electron chi connectivity index (χ0n) is 34.4. The Kier molecular flexibility index (Phi) is 8.83. The van der Waals surface area contributed by atoms with Gasteiger partial charge in [0.2, 0.25) is 0 Å². The first kappa shape index (κ1) is 36.5. The smallest absolute Gasteiger partial charge is 0.143 e. The van der Waals surface area contributed by atoms with Crippen molar-refractivity contribution in [2.24, 2.45) is 0 Å². The van der Waals surface area contributed by atoms with Crippen LogP contribution in [0.1, 0.15) is 0 Å². The topological polar surface area (TPSA) is 21.3 Å². The molecule has 0 spiro atoms. The van der Waals surface area contributed by atoms with E-state index in [9.17, 15) is 0 Å². The van der Waals surface area contributed by atoms with Gasteiger partial charge >= 0.3 is 0 Å². The molecule has 2 heterocycles. The SMILES string of the molecule is c1ccc(-c2cccc(N(c3ccc(-c4cccc5c4oc4ccccc45)cc3)c3cccc(-c4cccc(-c5ccccc5-n5c6ccccc6c6ccccc65)c4)c3)c2)cc1. The standard InChI is InChI=1S/C60H40N2O/c1-2-16-41(17-3-1)44-19-13-22-48(39-44)61(47-36-34-42(35-37-47)51-28-15-29-55-54-27-7-11-33-59(54)63-60(51)55)49-23-14-20-45(40-49)43-18-12-21-46(38-43)50-24-4-8-30-56(50)62-57-31-9-5-25-52(57)53-26-6-10-32-58(53)62/h1-40H. The Labute approximate surface area is 366 Å². The summed E-state index contributed by atoms with van der Waals surface area (Å²) >= 11 is 0. The molecule has 10 aromatic carbocycles. The highest BCUT2D eigenvalue weighted by molar-refractivity contribution is 6.10. The summed E-state index contributed by atoms with van der Waals surface area (Å²) in [4.78, 5) is 2.36. The van der Waals surface area contributed by atoms with Gasteiger partial charge in [-0.15, -0.1) is 0 Å². The Morgan fingerprint density at radius 3 is 1.54 bits per heavy atom. The molecule has 63 heavy (non-hydrogen) atoms. The molecule has 0 saturated carbocycles. The highest BCUT2D eigenvalue weighted by Gasteiger charge is 2.19. The molecule has 0 bridgehead atoms. The van der Waals surface area contributed by atoms with Crippen molar-refractivity contribution in [1.29, 1.82) is 0 Å². The first-order valence-electron chi connectivity index (χ1n) is 21.5. The van der Waals surface area contributed by atoms with E-state index in [0.717, 1.165) is 78.1 Å². The lowest BCUT2D eigenvalue weighted by atomic mass is 9.97. The minimum Gasteiger partial charge on any atom is -0.455 e. The van der Waals surface area contributed by atoms with Crippen molar-refractivity contribution >= 4 is 60.8 Å². The fourth-order valence-electron chi connectivity index (χ4n) is 9.45. The second-order valence-corrected chi connectivity index (χ2v) is 16.1. The van der Waals surface area contributed by atoms with Crippen LogP contribution in [0.25, 0.3) is 93.9 Å². The van der Waals surface area contributed by atoms with Crippen LogP contribution in [0.2, 0.25) is 0 Å². The summed E-state index contributed by atoms with van der Waals surface area (Å²) in [5, 5.41) is 4.77. The van der Waals surface area contributed by atoms with Crippen LogP contribution >= 0.6 is 0 Å². The van der Waals surface area contributed by atoms with Crippen LogP contribution < -0.4 is 4.90 Å². The number of para-hydroxylation sites is 5. The number of rotatable bonds is 8. The fourth-order valence-corrected chi connectivity index (χ4v) is 9.45. The summed E-state index contributed by atoms with van der Waals surface area (Å²) in [7, 11) is 0. The second-order valence-electron chi connectivity index (χ2n) is 16.1. The van der Waals surface area contributed by atoms with Crippen molar-refractivity contribution in [1.82, 2.24) is 4.57 Å². The third-order valence-electron chi connectivity index (χ3n) is 12.4. The van der Waals surface area contributed by atoms with Crippen LogP contribution in [-0.2, 0) is 0 Å². The molecule has 2 aromatic heterocycles. The molecule has 12 aromatic rings. The average Bonchev–Trinajstić information content (AvgIpc) is 3.91. The Bertz CT molecular complexity index is 3580. The van der Waals surface area contributed by atoms with Gasteiger partial charge < -0.3 is 13.9 Å². The number of benzene rings is 10. The molecule has 0 aliphatic carbocycles. The van der Waals surface area contributed by atoms with E-state index in [0.29, 0.717) is 0 Å². The molecule has 0 saturated heterocycles. The quantitative estimate of drug-likeness (QED) is 0.153. The summed E-state index contributed by atoms with van der Waals surface area (Å²) in [6.07, 6.45) is 0. The number of hydrogen-bond acceptors (Lipinski definition) is 2. The molecule has 0 N–H and O–H groups in total. The third kappa shape index (κ3) is 6.38. The van der Waals surface area contributed by atoms with E-state index in [2.05, 4.69) is 240 Å².